The standard InChI is InChI=1S/C9H7N.2C4H10/c1-2-6-9-8(4-1)5-3-7-10-9;2*1-4(2)3/h1-7H;2*4H,1-3H3. The summed E-state index contributed by atoms with van der Waals surface area (Å²) in [5, 5.41) is 1.20. The first kappa shape index (κ1) is 16.6. The van der Waals surface area contributed by atoms with Crippen molar-refractivity contribution >= 4 is 10.9 Å². The molecule has 0 bridgehead atoms. The summed E-state index contributed by atoms with van der Waals surface area (Å²) in [5.41, 5.74) is 1.06. The van der Waals surface area contributed by atoms with E-state index in [1.54, 1.807) is 0 Å². The van der Waals surface area contributed by atoms with Crippen molar-refractivity contribution < 1.29 is 0 Å². The number of pyridine rings is 1. The van der Waals surface area contributed by atoms with E-state index in [1.165, 1.54) is 5.39 Å². The topological polar surface area (TPSA) is 12.9 Å². The third-order valence-electron chi connectivity index (χ3n) is 1.51. The van der Waals surface area contributed by atoms with Gasteiger partial charge in [0.05, 0.1) is 5.52 Å². The average molecular weight is 245 g/mol. The molecule has 2 rings (SSSR count). The Morgan fingerprint density at radius 1 is 0.722 bits per heavy atom. The van der Waals surface area contributed by atoms with Crippen molar-refractivity contribution in [2.45, 2.75) is 41.5 Å². The van der Waals surface area contributed by atoms with Gasteiger partial charge in [-0.15, -0.1) is 0 Å². The Kier molecular flexibility index (Phi) is 8.91. The summed E-state index contributed by atoms with van der Waals surface area (Å²) < 4.78 is 0. The van der Waals surface area contributed by atoms with Crippen molar-refractivity contribution in [2.24, 2.45) is 11.8 Å². The molecule has 0 spiro atoms. The van der Waals surface area contributed by atoms with Gasteiger partial charge in [0.25, 0.3) is 0 Å². The van der Waals surface area contributed by atoms with Gasteiger partial charge in [0, 0.05) is 11.6 Å². The molecular formula is C17H27N. The van der Waals surface area contributed by atoms with Crippen LogP contribution < -0.4 is 0 Å². The van der Waals surface area contributed by atoms with Gasteiger partial charge < -0.3 is 0 Å². The minimum atomic E-state index is 0.833. The Labute approximate surface area is 112 Å². The quantitative estimate of drug-likeness (QED) is 0.592. The molecule has 0 atom stereocenters. The third kappa shape index (κ3) is 9.83. The summed E-state index contributed by atoms with van der Waals surface area (Å²) in [6, 6.07) is 12.1. The van der Waals surface area contributed by atoms with E-state index >= 15 is 0 Å². The van der Waals surface area contributed by atoms with Gasteiger partial charge in [0.2, 0.25) is 0 Å². The minimum absolute atomic E-state index is 0.833. The van der Waals surface area contributed by atoms with Crippen LogP contribution in [0.25, 0.3) is 10.9 Å². The van der Waals surface area contributed by atoms with Crippen LogP contribution in [0, 0.1) is 11.8 Å². The van der Waals surface area contributed by atoms with Gasteiger partial charge in [0.1, 0.15) is 0 Å². The lowest BCUT2D eigenvalue weighted by Crippen LogP contribution is -1.73. The first-order valence-electron chi connectivity index (χ1n) is 6.73. The maximum absolute atomic E-state index is 4.18. The highest BCUT2D eigenvalue weighted by Crippen LogP contribution is 2.07. The van der Waals surface area contributed by atoms with Crippen LogP contribution in [-0.4, -0.2) is 4.98 Å². The molecule has 1 aromatic carbocycles. The highest BCUT2D eigenvalue weighted by Gasteiger charge is 1.86. The number of rotatable bonds is 0. The van der Waals surface area contributed by atoms with Crippen molar-refractivity contribution in [1.29, 1.82) is 0 Å². The van der Waals surface area contributed by atoms with Gasteiger partial charge in [-0.05, 0) is 24.0 Å². The Balaban J connectivity index is 0.000000307. The second-order valence-corrected chi connectivity index (χ2v) is 5.66. The monoisotopic (exact) mass is 245 g/mol. The summed E-state index contributed by atoms with van der Waals surface area (Å²) in [4.78, 5) is 4.18. The lowest BCUT2D eigenvalue weighted by Gasteiger charge is -1.91. The fraction of sp³-hybridized carbons (Fsp3) is 0.471. The Hall–Kier alpha value is -1.37. The lowest BCUT2D eigenvalue weighted by atomic mass is 10.2. The summed E-state index contributed by atoms with van der Waals surface area (Å²) in [6.45, 7) is 13.0. The van der Waals surface area contributed by atoms with Crippen molar-refractivity contribution in [3.05, 3.63) is 42.6 Å². The van der Waals surface area contributed by atoms with E-state index in [0.29, 0.717) is 0 Å². The molecule has 0 aliphatic rings. The van der Waals surface area contributed by atoms with Gasteiger partial charge in [-0.2, -0.15) is 0 Å². The summed E-state index contributed by atoms with van der Waals surface area (Å²) >= 11 is 0. The number of hydrogen-bond acceptors (Lipinski definition) is 1. The molecule has 1 nitrogen and oxygen atoms in total. The zero-order valence-corrected chi connectivity index (χ0v) is 12.6. The first-order valence-corrected chi connectivity index (χ1v) is 6.73. The molecule has 100 valence electrons. The Morgan fingerprint density at radius 3 is 1.67 bits per heavy atom. The molecule has 1 heteroatoms. The van der Waals surface area contributed by atoms with Crippen LogP contribution in [0.4, 0.5) is 0 Å². The molecule has 0 saturated carbocycles. The van der Waals surface area contributed by atoms with Crippen molar-refractivity contribution in [3.63, 3.8) is 0 Å². The molecule has 0 N–H and O–H groups in total. The number of aromatic nitrogens is 1. The molecule has 0 aliphatic carbocycles. The van der Waals surface area contributed by atoms with Crippen LogP contribution in [-0.2, 0) is 0 Å². The number of para-hydroxylation sites is 1. The normalized spacial score (nSPS) is 9.56. The zero-order chi connectivity index (χ0) is 14.0. The van der Waals surface area contributed by atoms with Crippen molar-refractivity contribution in [2.75, 3.05) is 0 Å². The Morgan fingerprint density at radius 2 is 1.17 bits per heavy atom. The fourth-order valence-corrected chi connectivity index (χ4v) is 1.02. The largest absolute Gasteiger partial charge is 0.256 e. The van der Waals surface area contributed by atoms with E-state index in [-0.39, 0.29) is 0 Å². The molecule has 18 heavy (non-hydrogen) atoms. The minimum Gasteiger partial charge on any atom is -0.256 e. The first-order chi connectivity index (χ1) is 8.43. The number of benzene rings is 1. The molecule has 0 radical (unpaired) electrons. The second-order valence-electron chi connectivity index (χ2n) is 5.66. The number of fused-ring (bicyclic) bond motifs is 1. The maximum Gasteiger partial charge on any atom is 0.0701 e. The number of nitrogens with zero attached hydrogens (tertiary/aromatic N) is 1. The number of hydrogen-bond donors (Lipinski definition) is 0. The molecule has 2 aromatic rings. The van der Waals surface area contributed by atoms with Crippen LogP contribution in [0.2, 0.25) is 0 Å². The summed E-state index contributed by atoms with van der Waals surface area (Å²) in [5.74, 6) is 1.67. The van der Waals surface area contributed by atoms with E-state index in [4.69, 9.17) is 0 Å². The van der Waals surface area contributed by atoms with Gasteiger partial charge >= 0.3 is 0 Å². The van der Waals surface area contributed by atoms with Crippen LogP contribution >= 0.6 is 0 Å². The van der Waals surface area contributed by atoms with Crippen molar-refractivity contribution in [1.82, 2.24) is 4.98 Å². The van der Waals surface area contributed by atoms with Crippen molar-refractivity contribution in [3.8, 4) is 0 Å². The van der Waals surface area contributed by atoms with E-state index in [0.717, 1.165) is 17.4 Å². The molecule has 0 unspecified atom stereocenters. The van der Waals surface area contributed by atoms with E-state index in [1.807, 2.05) is 30.5 Å². The average Bonchev–Trinajstić information content (AvgIpc) is 2.28. The van der Waals surface area contributed by atoms with E-state index in [2.05, 4.69) is 58.7 Å². The highest BCUT2D eigenvalue weighted by molar-refractivity contribution is 5.77. The van der Waals surface area contributed by atoms with Crippen LogP contribution in [0.1, 0.15) is 41.5 Å². The zero-order valence-electron chi connectivity index (χ0n) is 12.6. The summed E-state index contributed by atoms with van der Waals surface area (Å²) in [7, 11) is 0. The molecule has 0 aliphatic heterocycles. The van der Waals surface area contributed by atoms with Crippen LogP contribution in [0.15, 0.2) is 42.6 Å². The Bertz CT molecular complexity index is 342. The lowest BCUT2D eigenvalue weighted by molar-refractivity contribution is 0.736. The maximum atomic E-state index is 4.18. The van der Waals surface area contributed by atoms with Gasteiger partial charge in [-0.1, -0.05) is 65.8 Å². The molecule has 0 amide bonds. The predicted molar refractivity (Wildman–Crippen MR) is 82.8 cm³/mol. The molecule has 1 aromatic heterocycles. The van der Waals surface area contributed by atoms with Gasteiger partial charge in [0.15, 0.2) is 0 Å². The fourth-order valence-electron chi connectivity index (χ4n) is 1.02. The van der Waals surface area contributed by atoms with E-state index in [9.17, 15) is 0 Å². The molecule has 0 fully saturated rings. The van der Waals surface area contributed by atoms with Crippen LogP contribution in [0.3, 0.4) is 0 Å². The molecule has 1 heterocycles. The highest BCUT2D eigenvalue weighted by atomic mass is 14.6. The van der Waals surface area contributed by atoms with Gasteiger partial charge in [-0.3, -0.25) is 4.98 Å². The molecular weight excluding hydrogens is 218 g/mol. The second kappa shape index (κ2) is 9.64. The SMILES string of the molecule is CC(C)C.CC(C)C.c1ccc2ncccc2c1. The molecule has 0 saturated heterocycles. The summed E-state index contributed by atoms with van der Waals surface area (Å²) in [6.07, 6.45) is 1.81. The van der Waals surface area contributed by atoms with Gasteiger partial charge in [-0.25, -0.2) is 0 Å². The van der Waals surface area contributed by atoms with E-state index < -0.39 is 0 Å². The smallest absolute Gasteiger partial charge is 0.0701 e. The third-order valence-corrected chi connectivity index (χ3v) is 1.51. The predicted octanol–water partition coefficient (Wildman–Crippen LogP) is 5.56. The van der Waals surface area contributed by atoms with Crippen LogP contribution in [0.5, 0.6) is 0 Å².